The van der Waals surface area contributed by atoms with Gasteiger partial charge in [0.1, 0.15) is 28.4 Å². The largest absolute Gasteiger partial charge is 0.508 e. The van der Waals surface area contributed by atoms with Gasteiger partial charge in [-0.15, -0.1) is 0 Å². The standard InChI is InChI=1S/C23H23N2O10/c1-25(2)14-13-16(27)9-6-7-4-5-8(22(33)35-3)15(26)10(7)17(28)11(9)19(30)23(13,34)20(31)12(18(14)29)21(24)32/h4-6,9,13-14,16,26-28,31,34H,1-3H3,(H2,24,32)/t9?,13?,14-,16-,23-/m0/s1. The number of aliphatic hydroxyl groups is 4. The number of aromatic hydroxyl groups is 1. The third-order valence-electron chi connectivity index (χ3n) is 6.86. The van der Waals surface area contributed by atoms with E-state index in [1.807, 2.05) is 0 Å². The number of esters is 1. The number of carbonyl (C=O) groups excluding carboxylic acids is 4. The minimum atomic E-state index is -3.01. The molecule has 5 atom stereocenters. The van der Waals surface area contributed by atoms with Crippen LogP contribution in [0.25, 0.3) is 5.76 Å². The van der Waals surface area contributed by atoms with Crippen LogP contribution in [0, 0.1) is 18.3 Å². The average molecular weight is 487 g/mol. The van der Waals surface area contributed by atoms with Gasteiger partial charge >= 0.3 is 5.97 Å². The lowest BCUT2D eigenvalue weighted by molar-refractivity contribution is -0.167. The van der Waals surface area contributed by atoms with Gasteiger partial charge in [0.2, 0.25) is 5.78 Å². The lowest BCUT2D eigenvalue weighted by atomic mass is 9.56. The van der Waals surface area contributed by atoms with E-state index in [0.29, 0.717) is 0 Å². The Morgan fingerprint density at radius 3 is 2.31 bits per heavy atom. The molecule has 0 saturated heterocycles. The predicted octanol–water partition coefficient (Wildman–Crippen LogP) is -1.27. The number of ether oxygens (including phenoxy) is 1. The monoisotopic (exact) mass is 487 g/mol. The van der Waals surface area contributed by atoms with Crippen molar-refractivity contribution in [2.24, 2.45) is 17.6 Å². The highest BCUT2D eigenvalue weighted by molar-refractivity contribution is 6.24. The zero-order chi connectivity index (χ0) is 26.1. The lowest BCUT2D eigenvalue weighted by Crippen LogP contribution is -2.70. The van der Waals surface area contributed by atoms with Crippen molar-refractivity contribution in [3.63, 3.8) is 0 Å². The van der Waals surface area contributed by atoms with E-state index in [4.69, 9.17) is 5.73 Å². The van der Waals surface area contributed by atoms with Gasteiger partial charge in [0.05, 0.1) is 30.7 Å². The van der Waals surface area contributed by atoms with Gasteiger partial charge in [-0.1, -0.05) is 6.07 Å². The molecular weight excluding hydrogens is 464 g/mol. The average Bonchev–Trinajstić information content (AvgIpc) is 2.78. The van der Waals surface area contributed by atoms with Crippen LogP contribution in [-0.4, -0.2) is 92.8 Å². The number of ketones is 2. The lowest BCUT2D eigenvalue weighted by Gasteiger charge is -2.52. The third kappa shape index (κ3) is 3.03. The van der Waals surface area contributed by atoms with Gasteiger partial charge in [-0.3, -0.25) is 19.3 Å². The number of hydrogen-bond donors (Lipinski definition) is 6. The van der Waals surface area contributed by atoms with Gasteiger partial charge < -0.3 is 36.0 Å². The molecule has 3 aliphatic carbocycles. The highest BCUT2D eigenvalue weighted by Crippen LogP contribution is 2.53. The molecule has 1 saturated carbocycles. The zero-order valence-electron chi connectivity index (χ0n) is 18.8. The molecule has 3 aliphatic rings. The number of benzene rings is 1. The summed E-state index contributed by atoms with van der Waals surface area (Å²) in [6.45, 7) is 0. The number of methoxy groups -OCH3 is 1. The summed E-state index contributed by atoms with van der Waals surface area (Å²) in [5.74, 6) is -10.5. The molecule has 1 aromatic carbocycles. The van der Waals surface area contributed by atoms with Crippen LogP contribution in [0.15, 0.2) is 29.0 Å². The van der Waals surface area contributed by atoms with Crippen LogP contribution in [0.1, 0.15) is 21.5 Å². The summed E-state index contributed by atoms with van der Waals surface area (Å²) in [7, 11) is 3.90. The number of carbonyl (C=O) groups is 4. The van der Waals surface area contributed by atoms with Crippen molar-refractivity contribution >= 4 is 29.2 Å². The van der Waals surface area contributed by atoms with Crippen molar-refractivity contribution in [1.29, 1.82) is 0 Å². The Balaban J connectivity index is 2.01. The summed E-state index contributed by atoms with van der Waals surface area (Å²) in [6, 6.07) is 1.14. The van der Waals surface area contributed by atoms with Gasteiger partial charge in [-0.05, 0) is 25.7 Å². The summed E-state index contributed by atoms with van der Waals surface area (Å²) in [4.78, 5) is 51.9. The van der Waals surface area contributed by atoms with Crippen LogP contribution >= 0.6 is 0 Å². The van der Waals surface area contributed by atoms with E-state index >= 15 is 0 Å². The van der Waals surface area contributed by atoms with Crippen molar-refractivity contribution in [1.82, 2.24) is 4.90 Å². The molecular formula is C23H23N2O10. The van der Waals surface area contributed by atoms with E-state index in [1.165, 1.54) is 37.5 Å². The van der Waals surface area contributed by atoms with E-state index in [9.17, 15) is 44.7 Å². The first-order valence-corrected chi connectivity index (χ1v) is 10.4. The molecule has 1 aromatic rings. The number of amides is 1. The van der Waals surface area contributed by atoms with Gasteiger partial charge in [0.15, 0.2) is 11.4 Å². The maximum absolute atomic E-state index is 13.7. The Bertz CT molecular complexity index is 1260. The van der Waals surface area contributed by atoms with Crippen LogP contribution in [0.5, 0.6) is 5.75 Å². The number of rotatable bonds is 3. The van der Waals surface area contributed by atoms with Crippen LogP contribution in [0.3, 0.4) is 0 Å². The number of phenols is 1. The maximum atomic E-state index is 13.7. The fourth-order valence-corrected chi connectivity index (χ4v) is 5.29. The fourth-order valence-electron chi connectivity index (χ4n) is 5.29. The van der Waals surface area contributed by atoms with Gasteiger partial charge in [-0.25, -0.2) is 4.79 Å². The highest BCUT2D eigenvalue weighted by Gasteiger charge is 2.67. The van der Waals surface area contributed by atoms with Gasteiger partial charge in [-0.2, -0.15) is 0 Å². The molecule has 2 unspecified atom stereocenters. The second kappa shape index (κ2) is 7.90. The molecule has 0 spiro atoms. The zero-order valence-corrected chi connectivity index (χ0v) is 18.8. The molecule has 4 rings (SSSR count). The molecule has 12 nitrogen and oxygen atoms in total. The molecule has 0 aromatic heterocycles. The summed E-state index contributed by atoms with van der Waals surface area (Å²) < 4.78 is 4.59. The highest BCUT2D eigenvalue weighted by atomic mass is 16.5. The summed E-state index contributed by atoms with van der Waals surface area (Å²) in [5, 5.41) is 55.2. The summed E-state index contributed by atoms with van der Waals surface area (Å²) in [6.07, 6.45) is -0.396. The quantitative estimate of drug-likeness (QED) is 0.219. The Morgan fingerprint density at radius 2 is 1.77 bits per heavy atom. The second-order valence-electron chi connectivity index (χ2n) is 8.84. The topological polar surface area (TPSA) is 208 Å². The predicted molar refractivity (Wildman–Crippen MR) is 117 cm³/mol. The van der Waals surface area contributed by atoms with Gasteiger partial charge in [0, 0.05) is 17.9 Å². The Morgan fingerprint density at radius 1 is 1.14 bits per heavy atom. The molecule has 12 heteroatoms. The molecule has 0 heterocycles. The molecule has 0 aliphatic heterocycles. The molecule has 35 heavy (non-hydrogen) atoms. The first-order chi connectivity index (χ1) is 16.3. The summed E-state index contributed by atoms with van der Waals surface area (Å²) >= 11 is 0. The maximum Gasteiger partial charge on any atom is 0.341 e. The van der Waals surface area contributed by atoms with Crippen molar-refractivity contribution < 1.29 is 49.4 Å². The third-order valence-corrected chi connectivity index (χ3v) is 6.86. The van der Waals surface area contributed by atoms with Crippen LogP contribution in [-0.2, 0) is 19.1 Å². The van der Waals surface area contributed by atoms with E-state index in [0.717, 1.165) is 7.11 Å². The first kappa shape index (κ1) is 24.4. The number of nitrogens with two attached hydrogens (primary N) is 1. The number of Topliss-reactive ketones (excluding diaryl/α,β-unsaturated/α-hetero) is 2. The van der Waals surface area contributed by atoms with Crippen LogP contribution < -0.4 is 5.73 Å². The van der Waals surface area contributed by atoms with E-state index in [2.05, 4.69) is 4.74 Å². The van der Waals surface area contributed by atoms with E-state index in [-0.39, 0.29) is 16.7 Å². The minimum Gasteiger partial charge on any atom is -0.508 e. The number of nitrogens with zero attached hydrogens (tertiary/aromatic N) is 1. The molecule has 7 N–H and O–H groups in total. The number of phenolic OH excluding ortho intramolecular Hbond substituents is 1. The van der Waals surface area contributed by atoms with Crippen molar-refractivity contribution in [2.45, 2.75) is 17.7 Å². The smallest absolute Gasteiger partial charge is 0.341 e. The molecule has 185 valence electrons. The van der Waals surface area contributed by atoms with Crippen LogP contribution in [0.2, 0.25) is 0 Å². The SMILES string of the molecule is COC(=O)c1ccc2c(c1O)C(O)=C1C(=O)[C@]3(O)C(O)=C(C(N)=O)C(=O)[C@@H](N(C)C)C3[C@@H](O)C1[CH]2. The van der Waals surface area contributed by atoms with Gasteiger partial charge in [0.25, 0.3) is 5.91 Å². The molecule has 1 amide bonds. The van der Waals surface area contributed by atoms with Crippen molar-refractivity contribution in [3.8, 4) is 5.75 Å². The van der Waals surface area contributed by atoms with E-state index < -0.39 is 81.4 Å². The summed E-state index contributed by atoms with van der Waals surface area (Å²) in [5.41, 5.74) is 0.140. The number of fused-ring (bicyclic) bond motifs is 3. The molecule has 1 fully saturated rings. The Hall–Kier alpha value is -3.74. The fraction of sp³-hybridized carbons (Fsp3) is 0.348. The van der Waals surface area contributed by atoms with E-state index in [1.54, 1.807) is 0 Å². The Kier molecular flexibility index (Phi) is 5.51. The normalized spacial score (nSPS) is 30.1. The minimum absolute atomic E-state index is 0.153. The molecule has 0 bridgehead atoms. The number of primary amides is 1. The van der Waals surface area contributed by atoms with Crippen molar-refractivity contribution in [3.05, 3.63) is 52.1 Å². The number of likely N-dealkylation sites (N-methyl/N-ethyl adjacent to an activating group) is 1. The Labute approximate surface area is 198 Å². The molecule has 1 radical (unpaired) electrons. The first-order valence-electron chi connectivity index (χ1n) is 10.4. The number of hydrogen-bond acceptors (Lipinski definition) is 11. The van der Waals surface area contributed by atoms with Crippen LogP contribution in [0.4, 0.5) is 0 Å². The van der Waals surface area contributed by atoms with Crippen molar-refractivity contribution in [2.75, 3.05) is 21.2 Å². The second-order valence-corrected chi connectivity index (χ2v) is 8.84. The number of aliphatic hydroxyl groups excluding tert-OH is 3.